The quantitative estimate of drug-likeness (QED) is 0.823. The van der Waals surface area contributed by atoms with Crippen LogP contribution in [-0.2, 0) is 11.3 Å². The van der Waals surface area contributed by atoms with Crippen LogP contribution < -0.4 is 11.1 Å². The molecule has 2 rings (SSSR count). The highest BCUT2D eigenvalue weighted by Gasteiger charge is 2.32. The molecule has 1 aliphatic rings. The van der Waals surface area contributed by atoms with Crippen LogP contribution in [0.1, 0.15) is 38.5 Å². The SMILES string of the molecule is NCC1(CC(=O)NCCn2cccc2)CCCCC1. The van der Waals surface area contributed by atoms with Crippen LogP contribution in [-0.4, -0.2) is 23.6 Å². The molecule has 0 spiro atoms. The maximum atomic E-state index is 12.0. The standard InChI is InChI=1S/C15H25N3O/c16-13-15(6-2-1-3-7-15)12-14(19)17-8-11-18-9-4-5-10-18/h4-5,9-10H,1-3,6-8,11-13,16H2,(H,17,19). The highest BCUT2D eigenvalue weighted by Crippen LogP contribution is 2.38. The van der Waals surface area contributed by atoms with Crippen LogP contribution in [0.2, 0.25) is 0 Å². The summed E-state index contributed by atoms with van der Waals surface area (Å²) >= 11 is 0. The maximum absolute atomic E-state index is 12.0. The molecular weight excluding hydrogens is 238 g/mol. The Bertz CT molecular complexity index is 380. The molecule has 1 aromatic rings. The second-order valence-corrected chi connectivity index (χ2v) is 5.71. The van der Waals surface area contributed by atoms with Crippen LogP contribution >= 0.6 is 0 Å². The Morgan fingerprint density at radius 2 is 1.89 bits per heavy atom. The van der Waals surface area contributed by atoms with E-state index in [0.29, 0.717) is 19.5 Å². The van der Waals surface area contributed by atoms with Crippen molar-refractivity contribution < 1.29 is 4.79 Å². The summed E-state index contributed by atoms with van der Waals surface area (Å²) in [7, 11) is 0. The number of carbonyl (C=O) groups is 1. The number of amides is 1. The Morgan fingerprint density at radius 3 is 2.53 bits per heavy atom. The molecule has 4 heteroatoms. The molecule has 19 heavy (non-hydrogen) atoms. The van der Waals surface area contributed by atoms with E-state index in [9.17, 15) is 4.79 Å². The normalized spacial score (nSPS) is 18.2. The molecule has 1 saturated carbocycles. The summed E-state index contributed by atoms with van der Waals surface area (Å²) in [6.07, 6.45) is 10.5. The van der Waals surface area contributed by atoms with Gasteiger partial charge in [0, 0.05) is 31.9 Å². The lowest BCUT2D eigenvalue weighted by Crippen LogP contribution is -2.39. The predicted molar refractivity (Wildman–Crippen MR) is 76.6 cm³/mol. The summed E-state index contributed by atoms with van der Waals surface area (Å²) in [5.41, 5.74) is 5.97. The van der Waals surface area contributed by atoms with Crippen molar-refractivity contribution in [3.05, 3.63) is 24.5 Å². The molecule has 0 bridgehead atoms. The number of nitrogens with two attached hydrogens (primary N) is 1. The third kappa shape index (κ3) is 4.10. The molecule has 3 N–H and O–H groups in total. The van der Waals surface area contributed by atoms with E-state index in [-0.39, 0.29) is 11.3 Å². The molecule has 0 aliphatic heterocycles. The summed E-state index contributed by atoms with van der Waals surface area (Å²) < 4.78 is 2.07. The van der Waals surface area contributed by atoms with Gasteiger partial charge in [-0.3, -0.25) is 4.79 Å². The minimum absolute atomic E-state index is 0.0653. The number of nitrogens with one attached hydrogen (secondary N) is 1. The predicted octanol–water partition coefficient (Wildman–Crippen LogP) is 1.90. The molecule has 1 amide bonds. The fourth-order valence-corrected chi connectivity index (χ4v) is 3.00. The van der Waals surface area contributed by atoms with Gasteiger partial charge < -0.3 is 15.6 Å². The first-order valence-electron chi connectivity index (χ1n) is 7.32. The van der Waals surface area contributed by atoms with Gasteiger partial charge in [-0.25, -0.2) is 0 Å². The summed E-state index contributed by atoms with van der Waals surface area (Å²) in [6.45, 7) is 2.15. The summed E-state index contributed by atoms with van der Waals surface area (Å²) in [5.74, 6) is 0.152. The van der Waals surface area contributed by atoms with Crippen molar-refractivity contribution in [2.24, 2.45) is 11.1 Å². The zero-order valence-electron chi connectivity index (χ0n) is 11.6. The lowest BCUT2D eigenvalue weighted by Gasteiger charge is -2.35. The molecule has 1 heterocycles. The Hall–Kier alpha value is -1.29. The monoisotopic (exact) mass is 263 g/mol. The highest BCUT2D eigenvalue weighted by molar-refractivity contribution is 5.76. The average molecular weight is 263 g/mol. The fourth-order valence-electron chi connectivity index (χ4n) is 3.00. The van der Waals surface area contributed by atoms with Crippen molar-refractivity contribution in [2.75, 3.05) is 13.1 Å². The molecule has 4 nitrogen and oxygen atoms in total. The Kier molecular flexibility index (Phi) is 5.02. The zero-order valence-corrected chi connectivity index (χ0v) is 11.6. The van der Waals surface area contributed by atoms with Gasteiger partial charge in [-0.05, 0) is 36.9 Å². The maximum Gasteiger partial charge on any atom is 0.220 e. The van der Waals surface area contributed by atoms with Gasteiger partial charge in [-0.2, -0.15) is 0 Å². The Balaban J connectivity index is 1.73. The zero-order chi connectivity index (χ0) is 13.6. The van der Waals surface area contributed by atoms with Gasteiger partial charge in [0.15, 0.2) is 0 Å². The molecule has 0 atom stereocenters. The Morgan fingerprint density at radius 1 is 1.21 bits per heavy atom. The third-order valence-electron chi connectivity index (χ3n) is 4.24. The third-order valence-corrected chi connectivity index (χ3v) is 4.24. The first kappa shape index (κ1) is 14.1. The molecule has 0 unspecified atom stereocenters. The van der Waals surface area contributed by atoms with Gasteiger partial charge in [0.25, 0.3) is 0 Å². The van der Waals surface area contributed by atoms with E-state index in [0.717, 1.165) is 19.4 Å². The van der Waals surface area contributed by atoms with E-state index in [1.807, 2.05) is 24.5 Å². The number of hydrogen-bond donors (Lipinski definition) is 2. The number of carbonyl (C=O) groups excluding carboxylic acids is 1. The molecule has 0 saturated heterocycles. The molecule has 1 fully saturated rings. The first-order valence-corrected chi connectivity index (χ1v) is 7.32. The van der Waals surface area contributed by atoms with Crippen molar-refractivity contribution in [1.29, 1.82) is 0 Å². The van der Waals surface area contributed by atoms with Gasteiger partial charge in [0.1, 0.15) is 0 Å². The van der Waals surface area contributed by atoms with Crippen LogP contribution in [0.3, 0.4) is 0 Å². The summed E-state index contributed by atoms with van der Waals surface area (Å²) in [4.78, 5) is 12.0. The van der Waals surface area contributed by atoms with Gasteiger partial charge in [-0.15, -0.1) is 0 Å². The Labute approximate surface area is 115 Å². The molecular formula is C15H25N3O. The molecule has 1 aliphatic carbocycles. The van der Waals surface area contributed by atoms with Crippen LogP contribution in [0.4, 0.5) is 0 Å². The second-order valence-electron chi connectivity index (χ2n) is 5.71. The minimum Gasteiger partial charge on any atom is -0.354 e. The van der Waals surface area contributed by atoms with E-state index in [4.69, 9.17) is 5.73 Å². The second kappa shape index (κ2) is 6.75. The van der Waals surface area contributed by atoms with Gasteiger partial charge in [-0.1, -0.05) is 19.3 Å². The molecule has 1 aromatic heterocycles. The van der Waals surface area contributed by atoms with Crippen LogP contribution in [0.25, 0.3) is 0 Å². The highest BCUT2D eigenvalue weighted by atomic mass is 16.1. The van der Waals surface area contributed by atoms with Crippen LogP contribution in [0.15, 0.2) is 24.5 Å². The van der Waals surface area contributed by atoms with Crippen molar-refractivity contribution in [1.82, 2.24) is 9.88 Å². The van der Waals surface area contributed by atoms with E-state index >= 15 is 0 Å². The number of nitrogens with zero attached hydrogens (tertiary/aromatic N) is 1. The van der Waals surface area contributed by atoms with E-state index in [1.165, 1.54) is 19.3 Å². The largest absolute Gasteiger partial charge is 0.354 e. The van der Waals surface area contributed by atoms with Gasteiger partial charge in [0.05, 0.1) is 0 Å². The molecule has 0 aromatic carbocycles. The van der Waals surface area contributed by atoms with Crippen molar-refractivity contribution in [3.8, 4) is 0 Å². The topological polar surface area (TPSA) is 60.1 Å². The van der Waals surface area contributed by atoms with E-state index < -0.39 is 0 Å². The molecule has 106 valence electrons. The van der Waals surface area contributed by atoms with E-state index in [2.05, 4.69) is 9.88 Å². The lowest BCUT2D eigenvalue weighted by molar-refractivity contribution is -0.123. The van der Waals surface area contributed by atoms with E-state index in [1.54, 1.807) is 0 Å². The van der Waals surface area contributed by atoms with Crippen LogP contribution in [0.5, 0.6) is 0 Å². The van der Waals surface area contributed by atoms with Gasteiger partial charge >= 0.3 is 0 Å². The minimum atomic E-state index is 0.0653. The number of hydrogen-bond acceptors (Lipinski definition) is 2. The summed E-state index contributed by atoms with van der Waals surface area (Å²) in [5, 5.41) is 3.01. The number of rotatable bonds is 6. The number of aromatic nitrogens is 1. The van der Waals surface area contributed by atoms with Crippen LogP contribution in [0, 0.1) is 5.41 Å². The summed E-state index contributed by atoms with van der Waals surface area (Å²) in [6, 6.07) is 3.99. The van der Waals surface area contributed by atoms with Crippen molar-refractivity contribution in [2.45, 2.75) is 45.1 Å². The van der Waals surface area contributed by atoms with Crippen molar-refractivity contribution in [3.63, 3.8) is 0 Å². The fraction of sp³-hybridized carbons (Fsp3) is 0.667. The van der Waals surface area contributed by atoms with Crippen molar-refractivity contribution >= 4 is 5.91 Å². The molecule has 0 radical (unpaired) electrons. The first-order chi connectivity index (χ1) is 9.24. The smallest absolute Gasteiger partial charge is 0.220 e. The van der Waals surface area contributed by atoms with Gasteiger partial charge in [0.2, 0.25) is 5.91 Å². The average Bonchev–Trinajstić information content (AvgIpc) is 2.93. The lowest BCUT2D eigenvalue weighted by atomic mass is 9.71.